The summed E-state index contributed by atoms with van der Waals surface area (Å²) in [6, 6.07) is 7.31. The van der Waals surface area contributed by atoms with Crippen LogP contribution >= 0.6 is 23.2 Å². The number of alkyl halides is 3. The molecule has 0 heterocycles. The summed E-state index contributed by atoms with van der Waals surface area (Å²) in [4.78, 5) is 13.5. The number of benzene rings is 2. The zero-order valence-corrected chi connectivity index (χ0v) is 12.1. The molecule has 0 aliphatic carbocycles. The van der Waals surface area contributed by atoms with Crippen LogP contribution in [0.15, 0.2) is 41.4 Å². The Hall–Kier alpha value is -2.01. The van der Waals surface area contributed by atoms with E-state index in [4.69, 9.17) is 27.9 Å². The summed E-state index contributed by atoms with van der Waals surface area (Å²) in [5.74, 6) is 0.177. The molecule has 0 unspecified atom stereocenters. The fourth-order valence-electron chi connectivity index (χ4n) is 1.58. The summed E-state index contributed by atoms with van der Waals surface area (Å²) in [7, 11) is 0. The number of isocyanates is 1. The Kier molecular flexibility index (Phi) is 4.76. The van der Waals surface area contributed by atoms with Crippen molar-refractivity contribution in [3.8, 4) is 11.5 Å². The molecule has 0 fully saturated rings. The fourth-order valence-corrected chi connectivity index (χ4v) is 2.14. The second kappa shape index (κ2) is 6.40. The van der Waals surface area contributed by atoms with Crippen LogP contribution in [0.25, 0.3) is 0 Å². The van der Waals surface area contributed by atoms with Crippen LogP contribution in [0.3, 0.4) is 0 Å². The van der Waals surface area contributed by atoms with Gasteiger partial charge in [0.1, 0.15) is 5.75 Å². The van der Waals surface area contributed by atoms with Crippen LogP contribution in [0.4, 0.5) is 18.9 Å². The summed E-state index contributed by atoms with van der Waals surface area (Å²) in [5.41, 5.74) is -0.613. The summed E-state index contributed by atoms with van der Waals surface area (Å²) in [6.07, 6.45) is -3.18. The minimum absolute atomic E-state index is 0.0945. The van der Waals surface area contributed by atoms with E-state index in [2.05, 4.69) is 4.99 Å². The lowest BCUT2D eigenvalue weighted by atomic mass is 10.2. The first kappa shape index (κ1) is 16.4. The summed E-state index contributed by atoms with van der Waals surface area (Å²) in [6.45, 7) is 0. The first-order valence-electron chi connectivity index (χ1n) is 5.73. The summed E-state index contributed by atoms with van der Waals surface area (Å²) in [5, 5.41) is -0.537. The Labute approximate surface area is 132 Å². The van der Waals surface area contributed by atoms with Gasteiger partial charge in [-0.25, -0.2) is 4.79 Å². The molecule has 0 aliphatic rings. The van der Waals surface area contributed by atoms with Gasteiger partial charge in [-0.2, -0.15) is 18.2 Å². The SMILES string of the molecule is O=C=Nc1ccc(Oc2c(Cl)cc(C(F)(F)F)cc2Cl)cc1. The first-order valence-corrected chi connectivity index (χ1v) is 6.49. The van der Waals surface area contributed by atoms with Crippen LogP contribution in [0.2, 0.25) is 10.0 Å². The zero-order chi connectivity index (χ0) is 16.3. The number of aliphatic imine (C=N–C) groups is 1. The van der Waals surface area contributed by atoms with E-state index < -0.39 is 11.7 Å². The van der Waals surface area contributed by atoms with Crippen molar-refractivity contribution in [1.29, 1.82) is 0 Å². The van der Waals surface area contributed by atoms with Gasteiger partial charge in [0.25, 0.3) is 0 Å². The van der Waals surface area contributed by atoms with Gasteiger partial charge in [-0.1, -0.05) is 23.2 Å². The van der Waals surface area contributed by atoms with Crippen LogP contribution in [0, 0.1) is 0 Å². The molecule has 3 nitrogen and oxygen atoms in total. The highest BCUT2D eigenvalue weighted by Crippen LogP contribution is 2.41. The first-order chi connectivity index (χ1) is 10.3. The number of rotatable bonds is 3. The van der Waals surface area contributed by atoms with Crippen molar-refractivity contribution in [3.05, 3.63) is 52.0 Å². The lowest BCUT2D eigenvalue weighted by Gasteiger charge is -2.13. The number of carbonyl (C=O) groups excluding carboxylic acids is 1. The van der Waals surface area contributed by atoms with Crippen LogP contribution in [0.1, 0.15) is 5.56 Å². The van der Waals surface area contributed by atoms with E-state index in [1.807, 2.05) is 0 Å². The van der Waals surface area contributed by atoms with Crippen LogP contribution in [0.5, 0.6) is 11.5 Å². The summed E-state index contributed by atoms with van der Waals surface area (Å²) < 4.78 is 43.2. The fraction of sp³-hybridized carbons (Fsp3) is 0.0714. The van der Waals surface area contributed by atoms with E-state index in [-0.39, 0.29) is 21.5 Å². The minimum atomic E-state index is -4.56. The standard InChI is InChI=1S/C14H6Cl2F3NO2/c15-11-5-8(14(17,18)19)6-12(16)13(11)22-10-3-1-9(2-4-10)20-7-21/h1-6H. The largest absolute Gasteiger partial charge is 0.454 e. The van der Waals surface area contributed by atoms with Gasteiger partial charge in [0.05, 0.1) is 21.3 Å². The average Bonchev–Trinajstić information content (AvgIpc) is 2.43. The van der Waals surface area contributed by atoms with Crippen molar-refractivity contribution in [2.45, 2.75) is 6.18 Å². The molecule has 0 radical (unpaired) electrons. The predicted molar refractivity (Wildman–Crippen MR) is 75.8 cm³/mol. The number of hydrogen-bond acceptors (Lipinski definition) is 3. The molecular weight excluding hydrogens is 342 g/mol. The van der Waals surface area contributed by atoms with Gasteiger partial charge in [0, 0.05) is 0 Å². The molecule has 22 heavy (non-hydrogen) atoms. The molecular formula is C14H6Cl2F3NO2. The van der Waals surface area contributed by atoms with Crippen molar-refractivity contribution < 1.29 is 22.7 Å². The van der Waals surface area contributed by atoms with Crippen LogP contribution < -0.4 is 4.74 Å². The number of ether oxygens (including phenoxy) is 1. The second-order valence-electron chi connectivity index (χ2n) is 4.07. The number of hydrogen-bond donors (Lipinski definition) is 0. The molecule has 8 heteroatoms. The smallest absolute Gasteiger partial charge is 0.416 e. The van der Waals surface area contributed by atoms with Gasteiger partial charge < -0.3 is 4.74 Å². The van der Waals surface area contributed by atoms with Crippen molar-refractivity contribution in [3.63, 3.8) is 0 Å². The maximum Gasteiger partial charge on any atom is 0.416 e. The molecule has 114 valence electrons. The van der Waals surface area contributed by atoms with E-state index >= 15 is 0 Å². The van der Waals surface area contributed by atoms with E-state index in [1.54, 1.807) is 0 Å². The molecule has 0 N–H and O–H groups in total. The van der Waals surface area contributed by atoms with Crippen molar-refractivity contribution in [2.24, 2.45) is 4.99 Å². The molecule has 0 saturated carbocycles. The third kappa shape index (κ3) is 3.80. The lowest BCUT2D eigenvalue weighted by molar-refractivity contribution is -0.137. The van der Waals surface area contributed by atoms with Gasteiger partial charge >= 0.3 is 6.18 Å². The molecule has 0 saturated heterocycles. The van der Waals surface area contributed by atoms with Crippen LogP contribution in [-0.4, -0.2) is 6.08 Å². The monoisotopic (exact) mass is 347 g/mol. The highest BCUT2D eigenvalue weighted by molar-refractivity contribution is 6.37. The molecule has 0 bridgehead atoms. The molecule has 2 aromatic rings. The number of halogens is 5. The molecule has 0 spiro atoms. The minimum Gasteiger partial charge on any atom is -0.454 e. The molecule has 2 rings (SSSR count). The van der Waals surface area contributed by atoms with Crippen LogP contribution in [-0.2, 0) is 11.0 Å². The van der Waals surface area contributed by atoms with Gasteiger partial charge in [-0.15, -0.1) is 0 Å². The Bertz CT molecular complexity index is 716. The van der Waals surface area contributed by atoms with Gasteiger partial charge in [-0.3, -0.25) is 0 Å². The molecule has 2 aromatic carbocycles. The van der Waals surface area contributed by atoms with E-state index in [0.29, 0.717) is 5.69 Å². The normalized spacial score (nSPS) is 11.0. The predicted octanol–water partition coefficient (Wildman–Crippen LogP) is 5.77. The highest BCUT2D eigenvalue weighted by atomic mass is 35.5. The van der Waals surface area contributed by atoms with Crippen molar-refractivity contribution >= 4 is 35.0 Å². The molecule has 0 aliphatic heterocycles. The van der Waals surface area contributed by atoms with E-state index in [1.165, 1.54) is 30.3 Å². The van der Waals surface area contributed by atoms with E-state index in [9.17, 15) is 18.0 Å². The topological polar surface area (TPSA) is 38.7 Å². The highest BCUT2D eigenvalue weighted by Gasteiger charge is 2.32. The quantitative estimate of drug-likeness (QED) is 0.522. The Morgan fingerprint density at radius 3 is 2.05 bits per heavy atom. The van der Waals surface area contributed by atoms with Gasteiger partial charge in [-0.05, 0) is 36.4 Å². The maximum absolute atomic E-state index is 12.6. The third-order valence-corrected chi connectivity index (χ3v) is 3.12. The van der Waals surface area contributed by atoms with Crippen molar-refractivity contribution in [1.82, 2.24) is 0 Å². The molecule has 0 atom stereocenters. The van der Waals surface area contributed by atoms with E-state index in [0.717, 1.165) is 12.1 Å². The Morgan fingerprint density at radius 1 is 1.05 bits per heavy atom. The zero-order valence-electron chi connectivity index (χ0n) is 10.6. The third-order valence-electron chi connectivity index (χ3n) is 2.56. The molecule has 0 aromatic heterocycles. The van der Waals surface area contributed by atoms with Gasteiger partial charge in [0.2, 0.25) is 6.08 Å². The average molecular weight is 348 g/mol. The Morgan fingerprint density at radius 2 is 1.59 bits per heavy atom. The van der Waals surface area contributed by atoms with Gasteiger partial charge in [0.15, 0.2) is 5.75 Å². The second-order valence-corrected chi connectivity index (χ2v) is 4.88. The number of nitrogens with zero attached hydrogens (tertiary/aromatic N) is 1. The lowest BCUT2D eigenvalue weighted by Crippen LogP contribution is -2.05. The van der Waals surface area contributed by atoms with Crippen molar-refractivity contribution in [2.75, 3.05) is 0 Å². The maximum atomic E-state index is 12.6. The Balaban J connectivity index is 2.31. The summed E-state index contributed by atoms with van der Waals surface area (Å²) >= 11 is 11.6. The molecule has 0 amide bonds.